The molecule has 0 atom stereocenters. The smallest absolute Gasteiger partial charge is 0.340 e. The van der Waals surface area contributed by atoms with Crippen molar-refractivity contribution in [1.29, 1.82) is 0 Å². The second-order valence-corrected chi connectivity index (χ2v) is 3.97. The highest BCUT2D eigenvalue weighted by atomic mass is 35.5. The Morgan fingerprint density at radius 2 is 2.00 bits per heavy atom. The molecule has 1 aromatic carbocycles. The average Bonchev–Trinajstić information content (AvgIpc) is 2.19. The Hall–Kier alpha value is -1.26. The van der Waals surface area contributed by atoms with Crippen LogP contribution in [-0.4, -0.2) is 18.4 Å². The number of ether oxygens (including phenoxy) is 1. The third-order valence-electron chi connectivity index (χ3n) is 1.72. The molecule has 0 aromatic heterocycles. The van der Waals surface area contributed by atoms with Crippen molar-refractivity contribution in [3.05, 3.63) is 27.7 Å². The summed E-state index contributed by atoms with van der Waals surface area (Å²) in [6.45, 7) is 1.00. The van der Waals surface area contributed by atoms with E-state index in [1.807, 2.05) is 0 Å². The van der Waals surface area contributed by atoms with Gasteiger partial charge in [0.2, 0.25) is 0 Å². The maximum Gasteiger partial charge on any atom is 0.340 e. The monoisotopic (exact) mass is 261 g/mol. The van der Waals surface area contributed by atoms with Crippen LogP contribution in [0.25, 0.3) is 0 Å². The lowest BCUT2D eigenvalue weighted by Gasteiger charge is -2.07. The minimum atomic E-state index is -0.725. The Kier molecular flexibility index (Phi) is 4.15. The van der Waals surface area contributed by atoms with Crippen molar-refractivity contribution in [2.24, 2.45) is 0 Å². The SMILES string of the molecule is CC(=O)COC(=O)c1cc(Cl)cc(Cl)c1N. The third-order valence-corrected chi connectivity index (χ3v) is 2.25. The van der Waals surface area contributed by atoms with Gasteiger partial charge in [0.15, 0.2) is 5.78 Å². The van der Waals surface area contributed by atoms with Crippen LogP contribution >= 0.6 is 23.2 Å². The summed E-state index contributed by atoms with van der Waals surface area (Å²) >= 11 is 11.5. The lowest BCUT2D eigenvalue weighted by atomic mass is 10.2. The number of halogens is 2. The molecule has 86 valence electrons. The second kappa shape index (κ2) is 5.18. The van der Waals surface area contributed by atoms with Crippen LogP contribution in [0.2, 0.25) is 10.0 Å². The molecule has 0 fully saturated rings. The van der Waals surface area contributed by atoms with Gasteiger partial charge in [0.1, 0.15) is 6.61 Å². The molecule has 0 unspecified atom stereocenters. The zero-order valence-corrected chi connectivity index (χ0v) is 9.93. The van der Waals surface area contributed by atoms with E-state index >= 15 is 0 Å². The quantitative estimate of drug-likeness (QED) is 0.670. The number of nitrogens with two attached hydrogens (primary N) is 1. The van der Waals surface area contributed by atoms with E-state index in [4.69, 9.17) is 33.7 Å². The Bertz CT molecular complexity index is 446. The number of nitrogen functional groups attached to an aromatic ring is 1. The van der Waals surface area contributed by atoms with Crippen molar-refractivity contribution in [1.82, 2.24) is 0 Å². The molecule has 6 heteroatoms. The summed E-state index contributed by atoms with van der Waals surface area (Å²) in [5.41, 5.74) is 5.72. The highest BCUT2D eigenvalue weighted by molar-refractivity contribution is 6.37. The normalized spacial score (nSPS) is 9.94. The van der Waals surface area contributed by atoms with Gasteiger partial charge >= 0.3 is 5.97 Å². The molecule has 16 heavy (non-hydrogen) atoms. The van der Waals surface area contributed by atoms with Crippen molar-refractivity contribution in [3.63, 3.8) is 0 Å². The van der Waals surface area contributed by atoms with Gasteiger partial charge in [0.25, 0.3) is 0 Å². The number of Topliss-reactive ketones (excluding diaryl/α,β-unsaturated/α-hetero) is 1. The van der Waals surface area contributed by atoms with Crippen LogP contribution in [0.5, 0.6) is 0 Å². The zero-order chi connectivity index (χ0) is 12.3. The first-order chi connectivity index (χ1) is 7.41. The summed E-state index contributed by atoms with van der Waals surface area (Å²) in [5, 5.41) is 0.441. The number of benzene rings is 1. The van der Waals surface area contributed by atoms with Crippen LogP contribution in [0.4, 0.5) is 5.69 Å². The van der Waals surface area contributed by atoms with E-state index in [9.17, 15) is 9.59 Å². The van der Waals surface area contributed by atoms with Gasteiger partial charge in [-0.25, -0.2) is 4.79 Å². The number of ketones is 1. The van der Waals surface area contributed by atoms with Crippen molar-refractivity contribution >= 4 is 40.6 Å². The summed E-state index contributed by atoms with van der Waals surface area (Å²) in [5.74, 6) is -0.989. The number of hydrogen-bond acceptors (Lipinski definition) is 4. The van der Waals surface area contributed by atoms with Crippen molar-refractivity contribution in [2.75, 3.05) is 12.3 Å². The molecule has 0 heterocycles. The van der Waals surface area contributed by atoms with Gasteiger partial charge in [-0.05, 0) is 19.1 Å². The van der Waals surface area contributed by atoms with Crippen LogP contribution in [0.3, 0.4) is 0 Å². The first kappa shape index (κ1) is 12.8. The fourth-order valence-corrected chi connectivity index (χ4v) is 1.49. The Morgan fingerprint density at radius 3 is 2.56 bits per heavy atom. The fraction of sp³-hybridized carbons (Fsp3) is 0.200. The predicted molar refractivity (Wildman–Crippen MR) is 61.8 cm³/mol. The van der Waals surface area contributed by atoms with Crippen LogP contribution in [-0.2, 0) is 9.53 Å². The van der Waals surface area contributed by atoms with E-state index in [0.717, 1.165) is 0 Å². The maximum absolute atomic E-state index is 11.5. The van der Waals surface area contributed by atoms with Crippen molar-refractivity contribution < 1.29 is 14.3 Å². The summed E-state index contributed by atoms with van der Waals surface area (Å²) in [6.07, 6.45) is 0. The van der Waals surface area contributed by atoms with Gasteiger partial charge in [-0.3, -0.25) is 4.79 Å². The first-order valence-electron chi connectivity index (χ1n) is 4.33. The van der Waals surface area contributed by atoms with Gasteiger partial charge in [-0.2, -0.15) is 0 Å². The van der Waals surface area contributed by atoms with Crippen LogP contribution in [0.1, 0.15) is 17.3 Å². The molecule has 0 saturated carbocycles. The molecule has 0 saturated heterocycles. The van der Waals surface area contributed by atoms with E-state index in [0.29, 0.717) is 0 Å². The third kappa shape index (κ3) is 3.12. The number of esters is 1. The number of rotatable bonds is 3. The van der Waals surface area contributed by atoms with Gasteiger partial charge in [-0.15, -0.1) is 0 Å². The second-order valence-electron chi connectivity index (χ2n) is 3.13. The predicted octanol–water partition coefficient (Wildman–Crippen LogP) is 2.32. The van der Waals surface area contributed by atoms with Gasteiger partial charge in [-0.1, -0.05) is 23.2 Å². The molecule has 0 radical (unpaired) electrons. The van der Waals surface area contributed by atoms with Gasteiger partial charge in [0.05, 0.1) is 16.3 Å². The molecule has 0 bridgehead atoms. The topological polar surface area (TPSA) is 69.4 Å². The Morgan fingerprint density at radius 1 is 1.38 bits per heavy atom. The lowest BCUT2D eigenvalue weighted by Crippen LogP contribution is -2.13. The van der Waals surface area contributed by atoms with Gasteiger partial charge < -0.3 is 10.5 Å². The zero-order valence-electron chi connectivity index (χ0n) is 8.42. The lowest BCUT2D eigenvalue weighted by molar-refractivity contribution is -0.120. The minimum absolute atomic E-state index is 0.0544. The van der Waals surface area contributed by atoms with E-state index < -0.39 is 5.97 Å². The fourth-order valence-electron chi connectivity index (χ4n) is 0.999. The van der Waals surface area contributed by atoms with Crippen molar-refractivity contribution in [2.45, 2.75) is 6.92 Å². The molecule has 0 aliphatic carbocycles. The van der Waals surface area contributed by atoms with Crippen LogP contribution < -0.4 is 5.73 Å². The molecule has 0 aliphatic heterocycles. The minimum Gasteiger partial charge on any atom is -0.454 e. The molecule has 0 spiro atoms. The molecule has 0 amide bonds. The largest absolute Gasteiger partial charge is 0.454 e. The maximum atomic E-state index is 11.5. The molecule has 0 aliphatic rings. The number of carbonyl (C=O) groups excluding carboxylic acids is 2. The molecule has 1 rings (SSSR count). The van der Waals surface area contributed by atoms with E-state index in [1.54, 1.807) is 0 Å². The number of anilines is 1. The summed E-state index contributed by atoms with van der Waals surface area (Å²) < 4.78 is 4.69. The van der Waals surface area contributed by atoms with Gasteiger partial charge in [0, 0.05) is 5.02 Å². The highest BCUT2D eigenvalue weighted by Crippen LogP contribution is 2.27. The van der Waals surface area contributed by atoms with E-state index in [1.165, 1.54) is 19.1 Å². The number of hydrogen-bond donors (Lipinski definition) is 1. The molecule has 4 nitrogen and oxygen atoms in total. The average molecular weight is 262 g/mol. The number of carbonyl (C=O) groups is 2. The summed E-state index contributed by atoms with van der Waals surface area (Å²) in [7, 11) is 0. The molecule has 2 N–H and O–H groups in total. The molecular weight excluding hydrogens is 253 g/mol. The highest BCUT2D eigenvalue weighted by Gasteiger charge is 2.15. The standard InChI is InChI=1S/C10H9Cl2NO3/c1-5(14)4-16-10(15)7-2-6(11)3-8(12)9(7)13/h2-3H,4,13H2,1H3. The van der Waals surface area contributed by atoms with E-state index in [-0.39, 0.29) is 33.7 Å². The van der Waals surface area contributed by atoms with Crippen molar-refractivity contribution in [3.8, 4) is 0 Å². The Balaban J connectivity index is 2.95. The molecular formula is C10H9Cl2NO3. The summed E-state index contributed by atoms with van der Waals surface area (Å²) in [4.78, 5) is 22.1. The van der Waals surface area contributed by atoms with Crippen LogP contribution in [0.15, 0.2) is 12.1 Å². The molecule has 1 aromatic rings. The summed E-state index contributed by atoms with van der Waals surface area (Å²) in [6, 6.07) is 2.76. The van der Waals surface area contributed by atoms with E-state index in [2.05, 4.69) is 0 Å². The Labute approximate surface area is 102 Å². The first-order valence-corrected chi connectivity index (χ1v) is 5.08. The van der Waals surface area contributed by atoms with Crippen LogP contribution in [0, 0.1) is 0 Å².